The normalized spacial score (nSPS) is 14.6. The molecule has 2 N–H and O–H groups in total. The van der Waals surface area contributed by atoms with Crippen molar-refractivity contribution < 1.29 is 17.9 Å². The van der Waals surface area contributed by atoms with Crippen molar-refractivity contribution in [3.05, 3.63) is 94.5 Å². The second-order valence-electron chi connectivity index (χ2n) is 10.2. The summed E-state index contributed by atoms with van der Waals surface area (Å²) >= 11 is 1.96. The Kier molecular flexibility index (Phi) is 14.5. The number of nitriles is 1. The number of allylic oxidation sites excluding steroid dienone is 3. The van der Waals surface area contributed by atoms with Crippen molar-refractivity contribution in [2.75, 3.05) is 23.7 Å². The molecule has 42 heavy (non-hydrogen) atoms. The molecule has 1 fully saturated rings. The first-order chi connectivity index (χ1) is 20.0. The minimum absolute atomic E-state index is 0.276. The first-order valence-corrected chi connectivity index (χ1v) is 15.4. The smallest absolute Gasteiger partial charge is 0.417 e. The highest BCUT2D eigenvalue weighted by Crippen LogP contribution is 2.31. The first kappa shape index (κ1) is 34.8. The third-order valence-corrected chi connectivity index (χ3v) is 7.90. The maximum atomic E-state index is 12.8. The first-order valence-electron chi connectivity index (χ1n) is 14.4. The maximum Gasteiger partial charge on any atom is 0.417 e. The van der Waals surface area contributed by atoms with E-state index in [1.807, 2.05) is 30.8 Å². The predicted molar refractivity (Wildman–Crippen MR) is 168 cm³/mol. The van der Waals surface area contributed by atoms with E-state index >= 15 is 0 Å². The van der Waals surface area contributed by atoms with Gasteiger partial charge in [0.15, 0.2) is 0 Å². The number of piperidine rings is 1. The molecule has 2 heterocycles. The number of benzene rings is 1. The van der Waals surface area contributed by atoms with Gasteiger partial charge in [-0.2, -0.15) is 30.2 Å². The van der Waals surface area contributed by atoms with E-state index in [-0.39, 0.29) is 5.57 Å². The number of aryl methyl sites for hydroxylation is 2. The van der Waals surface area contributed by atoms with Crippen molar-refractivity contribution in [2.45, 2.75) is 77.8 Å². The van der Waals surface area contributed by atoms with Crippen molar-refractivity contribution in [1.82, 2.24) is 4.98 Å². The molecule has 1 saturated heterocycles. The van der Waals surface area contributed by atoms with Crippen molar-refractivity contribution >= 4 is 17.6 Å². The average molecular weight is 601 g/mol. The second-order valence-corrected chi connectivity index (χ2v) is 11.6. The van der Waals surface area contributed by atoms with Gasteiger partial charge in [-0.25, -0.2) is 4.98 Å². The molecule has 3 rings (SSSR count). The van der Waals surface area contributed by atoms with E-state index in [9.17, 15) is 13.2 Å². The molecular formula is C33H43F3N4OS. The molecule has 0 bridgehead atoms. The molecule has 1 aliphatic rings. The Morgan fingerprint density at radius 3 is 2.45 bits per heavy atom. The quantitative estimate of drug-likeness (QED) is 0.158. The van der Waals surface area contributed by atoms with Crippen LogP contribution in [0.2, 0.25) is 0 Å². The van der Waals surface area contributed by atoms with E-state index in [1.165, 1.54) is 29.7 Å². The van der Waals surface area contributed by atoms with E-state index in [4.69, 9.17) is 15.7 Å². The number of hydrogen-bond donors (Lipinski definition) is 1. The van der Waals surface area contributed by atoms with Crippen LogP contribution in [0.25, 0.3) is 0 Å². The van der Waals surface area contributed by atoms with Gasteiger partial charge in [-0.3, -0.25) is 0 Å². The molecule has 9 heteroatoms. The number of alkyl halides is 3. The van der Waals surface area contributed by atoms with Crippen LogP contribution in [0, 0.1) is 18.3 Å². The van der Waals surface area contributed by atoms with E-state index in [1.54, 1.807) is 0 Å². The Labute approximate surface area is 253 Å². The largest absolute Gasteiger partial charge is 0.487 e. The Morgan fingerprint density at radius 2 is 1.90 bits per heavy atom. The molecule has 1 aromatic heterocycles. The molecule has 2 aromatic rings. The highest BCUT2D eigenvalue weighted by atomic mass is 32.2. The van der Waals surface area contributed by atoms with Gasteiger partial charge in [-0.1, -0.05) is 52.0 Å². The fraction of sp³-hybridized carbons (Fsp3) is 0.455. The molecule has 0 amide bonds. The third kappa shape index (κ3) is 11.5. The lowest BCUT2D eigenvalue weighted by molar-refractivity contribution is -0.137. The number of nitrogens with two attached hydrogens (primary N) is 1. The summed E-state index contributed by atoms with van der Waals surface area (Å²) in [4.78, 5) is 6.09. The van der Waals surface area contributed by atoms with Crippen molar-refractivity contribution in [1.29, 1.82) is 5.26 Å². The molecule has 0 unspecified atom stereocenters. The zero-order valence-electron chi connectivity index (χ0n) is 25.1. The number of thioether (sulfide) groups is 1. The van der Waals surface area contributed by atoms with Gasteiger partial charge in [0.25, 0.3) is 0 Å². The van der Waals surface area contributed by atoms with E-state index in [2.05, 4.69) is 55.4 Å². The summed E-state index contributed by atoms with van der Waals surface area (Å²) in [6.07, 6.45) is 4.89. The average Bonchev–Trinajstić information content (AvgIpc) is 2.96. The summed E-state index contributed by atoms with van der Waals surface area (Å²) < 4.78 is 44.3. The minimum Gasteiger partial charge on any atom is -0.487 e. The number of rotatable bonds is 11. The predicted octanol–water partition coefficient (Wildman–Crippen LogP) is 8.50. The van der Waals surface area contributed by atoms with Gasteiger partial charge < -0.3 is 15.4 Å². The highest BCUT2D eigenvalue weighted by molar-refractivity contribution is 7.99. The van der Waals surface area contributed by atoms with Crippen LogP contribution in [0.3, 0.4) is 0 Å². The number of pyridine rings is 1. The summed E-state index contributed by atoms with van der Waals surface area (Å²) in [6.45, 7) is 13.9. The number of nitrogens with zero attached hydrogens (tertiary/aromatic N) is 3. The number of anilines is 1. The molecule has 5 nitrogen and oxygen atoms in total. The molecular weight excluding hydrogens is 557 g/mol. The zero-order chi connectivity index (χ0) is 31.1. The van der Waals surface area contributed by atoms with Crippen LogP contribution >= 0.6 is 11.8 Å². The van der Waals surface area contributed by atoms with Crippen LogP contribution < -0.4 is 10.6 Å². The van der Waals surface area contributed by atoms with Gasteiger partial charge in [-0.15, -0.1) is 0 Å². The number of hydrogen-bond acceptors (Lipinski definition) is 6. The van der Waals surface area contributed by atoms with Crippen molar-refractivity contribution in [3.63, 3.8) is 0 Å². The Bertz CT molecular complexity index is 1240. The molecule has 0 atom stereocenters. The van der Waals surface area contributed by atoms with Crippen LogP contribution in [0.1, 0.15) is 68.7 Å². The summed E-state index contributed by atoms with van der Waals surface area (Å²) in [5.41, 5.74) is 9.58. The van der Waals surface area contributed by atoms with Crippen molar-refractivity contribution in [3.8, 4) is 6.07 Å². The third-order valence-electron chi connectivity index (χ3n) is 6.51. The number of aromatic nitrogens is 1. The Morgan fingerprint density at radius 1 is 1.21 bits per heavy atom. The van der Waals surface area contributed by atoms with Gasteiger partial charge >= 0.3 is 6.18 Å². The zero-order valence-corrected chi connectivity index (χ0v) is 26.0. The molecule has 1 aromatic carbocycles. The molecule has 228 valence electrons. The molecule has 0 aliphatic carbocycles. The fourth-order valence-electron chi connectivity index (χ4n) is 4.35. The van der Waals surface area contributed by atoms with Crippen LogP contribution in [0.15, 0.2) is 72.3 Å². The highest BCUT2D eigenvalue weighted by Gasteiger charge is 2.31. The van der Waals surface area contributed by atoms with Crippen molar-refractivity contribution in [2.24, 2.45) is 5.73 Å². The molecule has 0 radical (unpaired) electrons. The van der Waals surface area contributed by atoms with Crippen LogP contribution in [-0.4, -0.2) is 29.1 Å². The van der Waals surface area contributed by atoms with Gasteiger partial charge in [0.1, 0.15) is 18.2 Å². The second kappa shape index (κ2) is 17.5. The van der Waals surface area contributed by atoms with E-state index in [0.29, 0.717) is 29.1 Å². The van der Waals surface area contributed by atoms with Crippen LogP contribution in [0.4, 0.5) is 19.0 Å². The van der Waals surface area contributed by atoms with Crippen LogP contribution in [-0.2, 0) is 23.9 Å². The lowest BCUT2D eigenvalue weighted by Crippen LogP contribution is -2.35. The standard InChI is InChI=1S/C30H35F3N4OS.C3H8/c1-4-5-28(27(35)16-21(2)18-34)38-20-23-6-7-24(22(3)17-23)12-15-39-26-10-13-37(14-11-26)29-9-8-25(19-36-29)30(31,32)33;1-3-2/h5-9,16-17,19,26H,2,4,10-15,20,35H2,1,3H3;3H2,1-2H3/b27-16+,28-5-;. The monoisotopic (exact) mass is 600 g/mol. The van der Waals surface area contributed by atoms with Gasteiger partial charge in [-0.05, 0) is 79.3 Å². The number of halogens is 3. The summed E-state index contributed by atoms with van der Waals surface area (Å²) in [5.74, 6) is 2.16. The fourth-order valence-corrected chi connectivity index (χ4v) is 5.57. The molecule has 1 aliphatic heterocycles. The number of ether oxygens (including phenoxy) is 1. The van der Waals surface area contributed by atoms with Crippen LogP contribution in [0.5, 0.6) is 0 Å². The summed E-state index contributed by atoms with van der Waals surface area (Å²) in [6, 6.07) is 10.9. The summed E-state index contributed by atoms with van der Waals surface area (Å²) in [5, 5.41) is 9.46. The SMILES string of the molecule is C=C(C#N)/C=C(N)\C(=C\CC)OCc1ccc(CCSC2CCN(c3ccc(C(F)(F)F)cn3)CC2)c(C)c1.CCC. The Balaban J connectivity index is 0.00000197. The van der Waals surface area contributed by atoms with Gasteiger partial charge in [0.05, 0.1) is 17.3 Å². The van der Waals surface area contributed by atoms with Gasteiger partial charge in [0, 0.05) is 30.1 Å². The summed E-state index contributed by atoms with van der Waals surface area (Å²) in [7, 11) is 0. The Hall–Kier alpha value is -3.38. The van der Waals surface area contributed by atoms with Gasteiger partial charge in [0.2, 0.25) is 0 Å². The topological polar surface area (TPSA) is 75.2 Å². The lowest BCUT2D eigenvalue weighted by Gasteiger charge is -2.32. The van der Waals surface area contributed by atoms with E-state index < -0.39 is 11.7 Å². The molecule has 0 spiro atoms. The minimum atomic E-state index is -4.36. The molecule has 0 saturated carbocycles. The van der Waals surface area contributed by atoms with E-state index in [0.717, 1.165) is 62.4 Å². The lowest BCUT2D eigenvalue weighted by atomic mass is 10.0. The maximum absolute atomic E-state index is 12.8.